The molecule has 8 heteroatoms. The molecule has 1 atom stereocenters. The standard InChI is InChI=1S/C16H19ClN2O4S/c1-10-12-6-3-7-13(17)15(12)23-14(10)16(20)18-11-5-4-8-19(9-11)24(2,21)22/h3,6-7,11H,4-5,8-9H2,1-2H3,(H,18,20). The summed E-state index contributed by atoms with van der Waals surface area (Å²) in [6.45, 7) is 2.58. The summed E-state index contributed by atoms with van der Waals surface area (Å²) < 4.78 is 30.4. The Hall–Kier alpha value is -1.57. The molecule has 3 rings (SSSR count). The molecule has 1 amide bonds. The predicted octanol–water partition coefficient (Wildman–Crippen LogP) is 2.55. The van der Waals surface area contributed by atoms with Gasteiger partial charge in [-0.1, -0.05) is 23.7 Å². The van der Waals surface area contributed by atoms with Crippen LogP contribution in [0.3, 0.4) is 0 Å². The van der Waals surface area contributed by atoms with Crippen molar-refractivity contribution in [2.75, 3.05) is 19.3 Å². The minimum absolute atomic E-state index is 0.217. The molecule has 0 saturated carbocycles. The van der Waals surface area contributed by atoms with E-state index < -0.39 is 10.0 Å². The van der Waals surface area contributed by atoms with E-state index in [2.05, 4.69) is 5.32 Å². The topological polar surface area (TPSA) is 79.6 Å². The number of amides is 1. The lowest BCUT2D eigenvalue weighted by molar-refractivity contribution is 0.0894. The van der Waals surface area contributed by atoms with Crippen LogP contribution in [-0.4, -0.2) is 44.0 Å². The Morgan fingerprint density at radius 2 is 2.17 bits per heavy atom. The second kappa shape index (κ2) is 6.38. The fourth-order valence-electron chi connectivity index (χ4n) is 3.04. The van der Waals surface area contributed by atoms with E-state index in [1.807, 2.05) is 6.07 Å². The SMILES string of the molecule is Cc1c(C(=O)NC2CCCN(S(C)(=O)=O)C2)oc2c(Cl)cccc12. The summed E-state index contributed by atoms with van der Waals surface area (Å²) in [7, 11) is -3.25. The maximum atomic E-state index is 12.6. The minimum Gasteiger partial charge on any atom is -0.449 e. The predicted molar refractivity (Wildman–Crippen MR) is 92.9 cm³/mol. The molecule has 1 aliphatic heterocycles. The average Bonchev–Trinajstić information content (AvgIpc) is 2.86. The van der Waals surface area contributed by atoms with Crippen LogP contribution >= 0.6 is 11.6 Å². The Kier molecular flexibility index (Phi) is 4.59. The molecular weight excluding hydrogens is 352 g/mol. The molecule has 0 aliphatic carbocycles. The zero-order valence-corrected chi connectivity index (χ0v) is 15.1. The normalized spacial score (nSPS) is 19.5. The number of halogens is 1. The van der Waals surface area contributed by atoms with E-state index in [9.17, 15) is 13.2 Å². The summed E-state index contributed by atoms with van der Waals surface area (Å²) in [6, 6.07) is 5.13. The summed E-state index contributed by atoms with van der Waals surface area (Å²) in [6.07, 6.45) is 2.63. The number of benzene rings is 1. The van der Waals surface area contributed by atoms with Gasteiger partial charge in [-0.15, -0.1) is 0 Å². The van der Waals surface area contributed by atoms with Crippen molar-refractivity contribution in [3.63, 3.8) is 0 Å². The number of hydrogen-bond acceptors (Lipinski definition) is 4. The van der Waals surface area contributed by atoms with Gasteiger partial charge in [0.15, 0.2) is 11.3 Å². The smallest absolute Gasteiger partial charge is 0.287 e. The van der Waals surface area contributed by atoms with Crippen molar-refractivity contribution in [3.8, 4) is 0 Å². The number of hydrogen-bond donors (Lipinski definition) is 1. The number of rotatable bonds is 3. The van der Waals surface area contributed by atoms with Crippen LogP contribution in [0.25, 0.3) is 11.0 Å². The third kappa shape index (κ3) is 3.29. The maximum Gasteiger partial charge on any atom is 0.287 e. The lowest BCUT2D eigenvalue weighted by Crippen LogP contribution is -2.49. The molecule has 2 heterocycles. The quantitative estimate of drug-likeness (QED) is 0.900. The number of carbonyl (C=O) groups is 1. The number of nitrogens with zero attached hydrogens (tertiary/aromatic N) is 1. The number of piperidine rings is 1. The van der Waals surface area contributed by atoms with Crippen LogP contribution in [0.4, 0.5) is 0 Å². The highest BCUT2D eigenvalue weighted by molar-refractivity contribution is 7.88. The zero-order chi connectivity index (χ0) is 17.5. The maximum absolute atomic E-state index is 12.6. The van der Waals surface area contributed by atoms with Crippen molar-refractivity contribution in [2.45, 2.75) is 25.8 Å². The van der Waals surface area contributed by atoms with E-state index in [4.69, 9.17) is 16.0 Å². The van der Waals surface area contributed by atoms with Crippen molar-refractivity contribution >= 4 is 38.5 Å². The van der Waals surface area contributed by atoms with Crippen molar-refractivity contribution in [1.29, 1.82) is 0 Å². The van der Waals surface area contributed by atoms with Crippen LogP contribution in [0.1, 0.15) is 29.0 Å². The van der Waals surface area contributed by atoms with Gasteiger partial charge < -0.3 is 9.73 Å². The molecule has 2 aromatic rings. The van der Waals surface area contributed by atoms with E-state index in [-0.39, 0.29) is 24.3 Å². The van der Waals surface area contributed by atoms with Gasteiger partial charge in [0.2, 0.25) is 10.0 Å². The lowest BCUT2D eigenvalue weighted by Gasteiger charge is -2.31. The molecule has 1 fully saturated rings. The van der Waals surface area contributed by atoms with Gasteiger partial charge in [-0.2, -0.15) is 0 Å². The van der Waals surface area contributed by atoms with Crippen molar-refractivity contribution in [3.05, 3.63) is 34.5 Å². The van der Waals surface area contributed by atoms with Crippen LogP contribution < -0.4 is 5.32 Å². The molecule has 6 nitrogen and oxygen atoms in total. The van der Waals surface area contributed by atoms with E-state index in [1.54, 1.807) is 19.1 Å². The van der Waals surface area contributed by atoms with Crippen LogP contribution in [0.2, 0.25) is 5.02 Å². The van der Waals surface area contributed by atoms with Crippen LogP contribution in [0, 0.1) is 6.92 Å². The van der Waals surface area contributed by atoms with Crippen molar-refractivity contribution < 1.29 is 17.6 Å². The molecule has 1 aromatic carbocycles. The highest BCUT2D eigenvalue weighted by atomic mass is 35.5. The first kappa shape index (κ1) is 17.3. The Balaban J connectivity index is 1.80. The van der Waals surface area contributed by atoms with E-state index in [1.165, 1.54) is 10.6 Å². The Bertz CT molecular complexity index is 891. The fourth-order valence-corrected chi connectivity index (χ4v) is 4.16. The van der Waals surface area contributed by atoms with Gasteiger partial charge in [0.1, 0.15) is 0 Å². The molecule has 0 bridgehead atoms. The van der Waals surface area contributed by atoms with Gasteiger partial charge in [-0.25, -0.2) is 12.7 Å². The third-order valence-corrected chi connectivity index (χ3v) is 5.88. The first-order valence-corrected chi connectivity index (χ1v) is 9.93. The second-order valence-electron chi connectivity index (χ2n) is 6.11. The number of para-hydroxylation sites is 1. The molecule has 1 N–H and O–H groups in total. The molecule has 130 valence electrons. The van der Waals surface area contributed by atoms with Crippen molar-refractivity contribution in [2.24, 2.45) is 0 Å². The van der Waals surface area contributed by atoms with Gasteiger partial charge >= 0.3 is 0 Å². The van der Waals surface area contributed by atoms with Gasteiger partial charge in [0.25, 0.3) is 5.91 Å². The number of furan rings is 1. The number of aryl methyl sites for hydroxylation is 1. The van der Waals surface area contributed by atoms with E-state index >= 15 is 0 Å². The molecule has 1 saturated heterocycles. The van der Waals surface area contributed by atoms with E-state index in [0.717, 1.165) is 17.4 Å². The summed E-state index contributed by atoms with van der Waals surface area (Å²) in [5, 5.41) is 4.13. The monoisotopic (exact) mass is 370 g/mol. The van der Waals surface area contributed by atoms with Crippen molar-refractivity contribution in [1.82, 2.24) is 9.62 Å². The largest absolute Gasteiger partial charge is 0.449 e. The summed E-state index contributed by atoms with van der Waals surface area (Å²) in [4.78, 5) is 12.6. The molecule has 1 aliphatic rings. The van der Waals surface area contributed by atoms with Gasteiger partial charge in [-0.05, 0) is 25.8 Å². The van der Waals surface area contributed by atoms with Gasteiger partial charge in [0.05, 0.1) is 11.3 Å². The van der Waals surface area contributed by atoms with Gasteiger partial charge in [0, 0.05) is 30.1 Å². The lowest BCUT2D eigenvalue weighted by atomic mass is 10.1. The number of carbonyl (C=O) groups excluding carboxylic acids is 1. The van der Waals surface area contributed by atoms with Crippen LogP contribution in [0.5, 0.6) is 0 Å². The molecule has 1 aromatic heterocycles. The Morgan fingerprint density at radius 1 is 1.42 bits per heavy atom. The first-order valence-electron chi connectivity index (χ1n) is 7.71. The molecule has 24 heavy (non-hydrogen) atoms. The van der Waals surface area contributed by atoms with Crippen LogP contribution in [0.15, 0.2) is 22.6 Å². The fraction of sp³-hybridized carbons (Fsp3) is 0.438. The average molecular weight is 371 g/mol. The summed E-state index contributed by atoms with van der Waals surface area (Å²) in [5.74, 6) is -0.130. The highest BCUT2D eigenvalue weighted by Crippen LogP contribution is 2.30. The molecule has 0 radical (unpaired) electrons. The van der Waals surface area contributed by atoms with Gasteiger partial charge in [-0.3, -0.25) is 4.79 Å². The number of fused-ring (bicyclic) bond motifs is 1. The van der Waals surface area contributed by atoms with E-state index in [0.29, 0.717) is 23.6 Å². The highest BCUT2D eigenvalue weighted by Gasteiger charge is 2.28. The first-order chi connectivity index (χ1) is 11.3. The summed E-state index contributed by atoms with van der Waals surface area (Å²) in [5.41, 5.74) is 1.21. The number of nitrogens with one attached hydrogen (secondary N) is 1. The van der Waals surface area contributed by atoms with Crippen LogP contribution in [-0.2, 0) is 10.0 Å². The zero-order valence-electron chi connectivity index (χ0n) is 13.5. The third-order valence-electron chi connectivity index (χ3n) is 4.31. The number of sulfonamides is 1. The molecular formula is C16H19ClN2O4S. The molecule has 0 spiro atoms. The molecule has 1 unspecified atom stereocenters. The Morgan fingerprint density at radius 3 is 2.83 bits per heavy atom. The minimum atomic E-state index is -3.25. The second-order valence-corrected chi connectivity index (χ2v) is 8.50. The summed E-state index contributed by atoms with van der Waals surface area (Å²) >= 11 is 6.11. The Labute approximate surface area is 145 Å².